The summed E-state index contributed by atoms with van der Waals surface area (Å²) in [5.41, 5.74) is 6.50. The largest absolute Gasteiger partial charge is 0.493 e. The first-order chi connectivity index (χ1) is 17.6. The quantitative estimate of drug-likeness (QED) is 0.128. The van der Waals surface area contributed by atoms with Gasteiger partial charge in [0.05, 0.1) is 23.5 Å². The molecule has 0 fully saturated rings. The number of ether oxygens (including phenoxy) is 2. The molecule has 2 N–H and O–H groups in total. The van der Waals surface area contributed by atoms with Crippen LogP contribution in [0.5, 0.6) is 11.5 Å². The van der Waals surface area contributed by atoms with Crippen LogP contribution in [-0.2, 0) is 0 Å². The van der Waals surface area contributed by atoms with Gasteiger partial charge < -0.3 is 14.8 Å². The van der Waals surface area contributed by atoms with Crippen molar-refractivity contribution in [3.63, 3.8) is 0 Å². The van der Waals surface area contributed by atoms with E-state index in [1.54, 1.807) is 31.4 Å². The van der Waals surface area contributed by atoms with E-state index in [9.17, 15) is 4.79 Å². The van der Waals surface area contributed by atoms with Gasteiger partial charge >= 0.3 is 0 Å². The molecule has 4 aromatic rings. The van der Waals surface area contributed by atoms with Gasteiger partial charge in [-0.05, 0) is 57.9 Å². The van der Waals surface area contributed by atoms with E-state index in [-0.39, 0.29) is 5.91 Å². The summed E-state index contributed by atoms with van der Waals surface area (Å²) in [5.74, 6) is 0.792. The number of methoxy groups -OCH3 is 1. The van der Waals surface area contributed by atoms with Crippen molar-refractivity contribution in [3.8, 4) is 22.8 Å². The molecule has 0 aliphatic rings. The average molecular weight is 563 g/mol. The number of nitrogens with one attached hydrogen (secondary N) is 2. The molecule has 9 heteroatoms. The van der Waals surface area contributed by atoms with Gasteiger partial charge in [-0.25, -0.2) is 10.4 Å². The number of thiazole rings is 1. The van der Waals surface area contributed by atoms with Crippen LogP contribution in [0, 0.1) is 0 Å². The molecule has 0 bridgehead atoms. The predicted molar refractivity (Wildman–Crippen MR) is 149 cm³/mol. The number of para-hydroxylation sites is 1. The highest BCUT2D eigenvalue weighted by Crippen LogP contribution is 2.36. The maximum absolute atomic E-state index is 12.5. The van der Waals surface area contributed by atoms with Gasteiger partial charge in [0.15, 0.2) is 16.6 Å². The minimum Gasteiger partial charge on any atom is -0.493 e. The summed E-state index contributed by atoms with van der Waals surface area (Å²) in [6.45, 7) is 4.00. The van der Waals surface area contributed by atoms with Crippen LogP contribution in [0.1, 0.15) is 15.9 Å². The van der Waals surface area contributed by atoms with Crippen LogP contribution in [0.4, 0.5) is 10.8 Å². The Morgan fingerprint density at radius 3 is 2.67 bits per heavy atom. The molecule has 36 heavy (non-hydrogen) atoms. The third-order valence-corrected chi connectivity index (χ3v) is 6.30. The Labute approximate surface area is 221 Å². The SMILES string of the molecule is C=CCOc1c(Br)cc(/C=N\NC(=O)c2ccc(-c3csc(Nc4ccccc4)n3)cc2)cc1OC. The van der Waals surface area contributed by atoms with Crippen molar-refractivity contribution in [1.82, 2.24) is 10.4 Å². The van der Waals surface area contributed by atoms with Gasteiger partial charge in [-0.15, -0.1) is 11.3 Å². The molecular weight excluding hydrogens is 540 g/mol. The van der Waals surface area contributed by atoms with Crippen LogP contribution in [0.15, 0.2) is 94.3 Å². The van der Waals surface area contributed by atoms with Gasteiger partial charge in [0.1, 0.15) is 6.61 Å². The molecule has 1 heterocycles. The van der Waals surface area contributed by atoms with Crippen molar-refractivity contribution in [2.45, 2.75) is 0 Å². The number of halogens is 1. The van der Waals surface area contributed by atoms with Crippen LogP contribution in [0.25, 0.3) is 11.3 Å². The Morgan fingerprint density at radius 2 is 1.94 bits per heavy atom. The number of rotatable bonds is 10. The Balaban J connectivity index is 1.38. The molecule has 1 amide bonds. The van der Waals surface area contributed by atoms with Gasteiger partial charge in [-0.2, -0.15) is 5.10 Å². The fourth-order valence-corrected chi connectivity index (χ4v) is 4.54. The minimum absolute atomic E-state index is 0.320. The summed E-state index contributed by atoms with van der Waals surface area (Å²) in [6, 6.07) is 20.7. The fraction of sp³-hybridized carbons (Fsp3) is 0.0741. The normalized spacial score (nSPS) is 10.7. The monoisotopic (exact) mass is 562 g/mol. The van der Waals surface area contributed by atoms with Gasteiger partial charge in [-0.1, -0.05) is 43.0 Å². The summed E-state index contributed by atoms with van der Waals surface area (Å²) >= 11 is 5.00. The molecule has 7 nitrogen and oxygen atoms in total. The molecule has 0 spiro atoms. The third-order valence-electron chi connectivity index (χ3n) is 4.95. The number of nitrogens with zero attached hydrogens (tertiary/aromatic N) is 2. The summed E-state index contributed by atoms with van der Waals surface area (Å²) in [6.07, 6.45) is 3.19. The molecule has 0 saturated heterocycles. The predicted octanol–water partition coefficient (Wildman–Crippen LogP) is 6.65. The molecule has 0 atom stereocenters. The number of anilines is 2. The molecule has 0 aliphatic heterocycles. The number of carbonyl (C=O) groups is 1. The van der Waals surface area contributed by atoms with E-state index in [4.69, 9.17) is 9.47 Å². The average Bonchev–Trinajstić information content (AvgIpc) is 3.37. The number of aromatic nitrogens is 1. The topological polar surface area (TPSA) is 84.8 Å². The first-order valence-corrected chi connectivity index (χ1v) is 12.6. The van der Waals surface area contributed by atoms with E-state index < -0.39 is 0 Å². The smallest absolute Gasteiger partial charge is 0.271 e. The Morgan fingerprint density at radius 1 is 1.17 bits per heavy atom. The number of hydrogen-bond donors (Lipinski definition) is 2. The van der Waals surface area contributed by atoms with Crippen LogP contribution < -0.4 is 20.2 Å². The zero-order valence-electron chi connectivity index (χ0n) is 19.4. The van der Waals surface area contributed by atoms with Crippen molar-refractivity contribution in [1.29, 1.82) is 0 Å². The standard InChI is InChI=1S/C27H23BrN4O3S/c1-3-13-35-25-22(28)14-18(15-24(25)34-2)16-29-32-26(33)20-11-9-19(10-12-20)23-17-36-27(31-23)30-21-7-5-4-6-8-21/h3-12,14-17H,1,13H2,2H3,(H,30,31)(H,32,33)/b29-16-. The highest BCUT2D eigenvalue weighted by Gasteiger charge is 2.11. The molecule has 1 aromatic heterocycles. The molecule has 4 rings (SSSR count). The Bertz CT molecular complexity index is 1370. The van der Waals surface area contributed by atoms with Crippen LogP contribution >= 0.6 is 27.3 Å². The van der Waals surface area contributed by atoms with Crippen molar-refractivity contribution in [2.24, 2.45) is 5.10 Å². The summed E-state index contributed by atoms with van der Waals surface area (Å²) in [4.78, 5) is 17.2. The fourth-order valence-electron chi connectivity index (χ4n) is 3.23. The summed E-state index contributed by atoms with van der Waals surface area (Å²) < 4.78 is 11.7. The van der Waals surface area contributed by atoms with E-state index in [0.717, 1.165) is 27.6 Å². The van der Waals surface area contributed by atoms with E-state index in [1.807, 2.05) is 53.9 Å². The van der Waals surface area contributed by atoms with Gasteiger partial charge in [0.25, 0.3) is 5.91 Å². The zero-order valence-corrected chi connectivity index (χ0v) is 21.8. The number of hydrazone groups is 1. The van der Waals surface area contributed by atoms with Crippen LogP contribution in [0.3, 0.4) is 0 Å². The number of benzene rings is 3. The van der Waals surface area contributed by atoms with E-state index in [0.29, 0.717) is 28.1 Å². The number of hydrogen-bond acceptors (Lipinski definition) is 7. The van der Waals surface area contributed by atoms with Crippen molar-refractivity contribution >= 4 is 50.2 Å². The van der Waals surface area contributed by atoms with E-state index >= 15 is 0 Å². The molecular formula is C27H23BrN4O3S. The van der Waals surface area contributed by atoms with E-state index in [2.05, 4.69) is 43.3 Å². The van der Waals surface area contributed by atoms with E-state index in [1.165, 1.54) is 17.6 Å². The molecule has 0 aliphatic carbocycles. The first-order valence-electron chi connectivity index (χ1n) is 10.9. The molecule has 182 valence electrons. The van der Waals surface area contributed by atoms with Crippen LogP contribution in [-0.4, -0.2) is 30.8 Å². The maximum Gasteiger partial charge on any atom is 0.271 e. The maximum atomic E-state index is 12.5. The van der Waals surface area contributed by atoms with Gasteiger partial charge in [0, 0.05) is 22.2 Å². The second-order valence-corrected chi connectivity index (χ2v) is 9.15. The van der Waals surface area contributed by atoms with Crippen molar-refractivity contribution in [3.05, 3.63) is 100 Å². The van der Waals surface area contributed by atoms with Crippen LogP contribution in [0.2, 0.25) is 0 Å². The summed E-state index contributed by atoms with van der Waals surface area (Å²) in [7, 11) is 1.56. The van der Waals surface area contributed by atoms with Crippen molar-refractivity contribution in [2.75, 3.05) is 19.0 Å². The highest BCUT2D eigenvalue weighted by molar-refractivity contribution is 9.10. The molecule has 0 radical (unpaired) electrons. The minimum atomic E-state index is -0.320. The van der Waals surface area contributed by atoms with Gasteiger partial charge in [0.2, 0.25) is 0 Å². The zero-order chi connectivity index (χ0) is 25.3. The second kappa shape index (κ2) is 12.1. The second-order valence-electron chi connectivity index (χ2n) is 7.44. The number of amides is 1. The third kappa shape index (κ3) is 6.38. The first kappa shape index (κ1) is 25.2. The molecule has 0 saturated carbocycles. The molecule has 0 unspecified atom stereocenters. The lowest BCUT2D eigenvalue weighted by molar-refractivity contribution is 0.0955. The highest BCUT2D eigenvalue weighted by atomic mass is 79.9. The summed E-state index contributed by atoms with van der Waals surface area (Å²) in [5, 5.41) is 10.1. The molecule has 3 aromatic carbocycles. The Hall–Kier alpha value is -3.95. The Kier molecular flexibility index (Phi) is 8.48. The number of carbonyl (C=O) groups excluding carboxylic acids is 1. The van der Waals surface area contributed by atoms with Crippen molar-refractivity contribution < 1.29 is 14.3 Å². The lowest BCUT2D eigenvalue weighted by Gasteiger charge is -2.12. The lowest BCUT2D eigenvalue weighted by Crippen LogP contribution is -2.17. The lowest BCUT2D eigenvalue weighted by atomic mass is 10.1. The van der Waals surface area contributed by atoms with Gasteiger partial charge in [-0.3, -0.25) is 4.79 Å².